The Labute approximate surface area is 197 Å². The number of amides is 1. The van der Waals surface area contributed by atoms with Gasteiger partial charge in [0, 0.05) is 18.7 Å². The van der Waals surface area contributed by atoms with Crippen LogP contribution >= 0.6 is 11.6 Å². The fourth-order valence-electron chi connectivity index (χ4n) is 2.93. The maximum Gasteiger partial charge on any atom is 0.340 e. The first-order valence-electron chi connectivity index (χ1n) is 9.60. The van der Waals surface area contributed by atoms with Crippen LogP contribution in [0.4, 0.5) is 5.69 Å². The van der Waals surface area contributed by atoms with E-state index in [9.17, 15) is 18.0 Å². The highest BCUT2D eigenvalue weighted by Crippen LogP contribution is 2.34. The standard InChI is InChI=1S/C21H25ClN2O8S/c1-6-24(33(27,28)13-7-8-17(29-2)15(22)9-13)12-20(25)23-16-11-19(31-4)18(30-3)10-14(16)21(26)32-5/h7-11H,6,12H2,1-5H3,(H,23,25). The molecule has 0 radical (unpaired) electrons. The van der Waals surface area contributed by atoms with E-state index < -0.39 is 28.4 Å². The van der Waals surface area contributed by atoms with Gasteiger partial charge in [0.05, 0.1) is 56.2 Å². The molecule has 2 aromatic rings. The van der Waals surface area contributed by atoms with Gasteiger partial charge in [-0.2, -0.15) is 4.31 Å². The second-order valence-corrected chi connectivity index (χ2v) is 8.87. The molecule has 0 saturated carbocycles. The molecular formula is C21H25ClN2O8S. The summed E-state index contributed by atoms with van der Waals surface area (Å²) in [5.74, 6) is -0.574. The first-order valence-corrected chi connectivity index (χ1v) is 11.4. The van der Waals surface area contributed by atoms with Crippen molar-refractivity contribution in [2.24, 2.45) is 0 Å². The number of nitrogens with zero attached hydrogens (tertiary/aromatic N) is 1. The number of esters is 1. The highest BCUT2D eigenvalue weighted by molar-refractivity contribution is 7.89. The fraction of sp³-hybridized carbons (Fsp3) is 0.333. The van der Waals surface area contributed by atoms with Crippen molar-refractivity contribution in [1.82, 2.24) is 4.31 Å². The Morgan fingerprint density at radius 3 is 2.09 bits per heavy atom. The molecular weight excluding hydrogens is 476 g/mol. The SMILES string of the molecule is CCN(CC(=O)Nc1cc(OC)c(OC)cc1C(=O)OC)S(=O)(=O)c1ccc(OC)c(Cl)c1. The molecule has 0 atom stereocenters. The van der Waals surface area contributed by atoms with E-state index in [-0.39, 0.29) is 39.2 Å². The summed E-state index contributed by atoms with van der Waals surface area (Å²) in [6.45, 7) is 1.08. The Kier molecular flexibility index (Phi) is 8.91. The molecule has 10 nitrogen and oxygen atoms in total. The van der Waals surface area contributed by atoms with Gasteiger partial charge < -0.3 is 24.3 Å². The maximum atomic E-state index is 13.0. The van der Waals surface area contributed by atoms with Crippen LogP contribution < -0.4 is 19.5 Å². The van der Waals surface area contributed by atoms with Crippen molar-refractivity contribution in [2.45, 2.75) is 11.8 Å². The number of rotatable bonds is 10. The molecule has 2 rings (SSSR count). The summed E-state index contributed by atoms with van der Waals surface area (Å²) in [5.41, 5.74) is 0.0850. The van der Waals surface area contributed by atoms with Gasteiger partial charge in [0.25, 0.3) is 0 Å². The Hall–Kier alpha value is -3.02. The van der Waals surface area contributed by atoms with Crippen LogP contribution in [0, 0.1) is 0 Å². The number of hydrogen-bond acceptors (Lipinski definition) is 8. The molecule has 1 amide bonds. The molecule has 0 aliphatic rings. The maximum absolute atomic E-state index is 13.0. The molecule has 0 bridgehead atoms. The summed E-state index contributed by atoms with van der Waals surface area (Å²) in [4.78, 5) is 24.9. The lowest BCUT2D eigenvalue weighted by molar-refractivity contribution is -0.116. The third-order valence-electron chi connectivity index (χ3n) is 4.64. The van der Waals surface area contributed by atoms with Gasteiger partial charge in [-0.25, -0.2) is 13.2 Å². The van der Waals surface area contributed by atoms with E-state index in [0.717, 1.165) is 4.31 Å². The normalized spacial score (nSPS) is 11.1. The number of nitrogens with one attached hydrogen (secondary N) is 1. The smallest absolute Gasteiger partial charge is 0.340 e. The summed E-state index contributed by atoms with van der Waals surface area (Å²) < 4.78 is 47.3. The third-order valence-corrected chi connectivity index (χ3v) is 6.85. The van der Waals surface area contributed by atoms with Crippen LogP contribution in [0.1, 0.15) is 17.3 Å². The zero-order chi connectivity index (χ0) is 24.8. The predicted molar refractivity (Wildman–Crippen MR) is 122 cm³/mol. The number of ether oxygens (including phenoxy) is 4. The first kappa shape index (κ1) is 26.2. The lowest BCUT2D eigenvalue weighted by atomic mass is 10.1. The van der Waals surface area contributed by atoms with Crippen molar-refractivity contribution in [1.29, 1.82) is 0 Å². The highest BCUT2D eigenvalue weighted by atomic mass is 35.5. The topological polar surface area (TPSA) is 120 Å². The summed E-state index contributed by atoms with van der Waals surface area (Å²) in [6, 6.07) is 6.75. The zero-order valence-electron chi connectivity index (χ0n) is 18.8. The van der Waals surface area contributed by atoms with Crippen molar-refractivity contribution in [3.05, 3.63) is 40.9 Å². The minimum atomic E-state index is -4.04. The van der Waals surface area contributed by atoms with Crippen LogP contribution in [-0.4, -0.2) is 66.1 Å². The van der Waals surface area contributed by atoms with E-state index >= 15 is 0 Å². The van der Waals surface area contributed by atoms with Crippen LogP contribution in [0.3, 0.4) is 0 Å². The molecule has 12 heteroatoms. The molecule has 0 heterocycles. The van der Waals surface area contributed by atoms with E-state index in [1.165, 1.54) is 58.8 Å². The highest BCUT2D eigenvalue weighted by Gasteiger charge is 2.27. The van der Waals surface area contributed by atoms with Gasteiger partial charge in [-0.1, -0.05) is 18.5 Å². The van der Waals surface area contributed by atoms with Crippen LogP contribution in [0.15, 0.2) is 35.2 Å². The number of hydrogen-bond donors (Lipinski definition) is 1. The molecule has 0 saturated heterocycles. The second kappa shape index (κ2) is 11.2. The van der Waals surface area contributed by atoms with Gasteiger partial charge in [-0.05, 0) is 18.2 Å². The Morgan fingerprint density at radius 1 is 0.970 bits per heavy atom. The number of methoxy groups -OCH3 is 4. The third kappa shape index (κ3) is 5.86. The van der Waals surface area contributed by atoms with Gasteiger partial charge in [0.2, 0.25) is 15.9 Å². The molecule has 0 fully saturated rings. The zero-order valence-corrected chi connectivity index (χ0v) is 20.4. The van der Waals surface area contributed by atoms with Crippen LogP contribution in [0.25, 0.3) is 0 Å². The number of carbonyl (C=O) groups excluding carboxylic acids is 2. The number of carbonyl (C=O) groups is 2. The molecule has 0 aliphatic heterocycles. The Balaban J connectivity index is 2.33. The van der Waals surface area contributed by atoms with E-state index in [2.05, 4.69) is 5.32 Å². The molecule has 180 valence electrons. The van der Waals surface area contributed by atoms with E-state index in [1.54, 1.807) is 6.92 Å². The number of benzene rings is 2. The van der Waals surface area contributed by atoms with Gasteiger partial charge in [-0.3, -0.25) is 4.79 Å². The van der Waals surface area contributed by atoms with E-state index in [4.69, 9.17) is 30.5 Å². The monoisotopic (exact) mass is 500 g/mol. The molecule has 0 unspecified atom stereocenters. The minimum Gasteiger partial charge on any atom is -0.495 e. The second-order valence-electron chi connectivity index (χ2n) is 6.52. The summed E-state index contributed by atoms with van der Waals surface area (Å²) in [7, 11) is 1.35. The summed E-state index contributed by atoms with van der Waals surface area (Å²) >= 11 is 6.06. The lowest BCUT2D eigenvalue weighted by Gasteiger charge is -2.21. The van der Waals surface area contributed by atoms with Crippen molar-refractivity contribution < 1.29 is 37.0 Å². The number of anilines is 1. The summed E-state index contributed by atoms with van der Waals surface area (Å²) in [5, 5.41) is 2.66. The van der Waals surface area contributed by atoms with Gasteiger partial charge in [0.1, 0.15) is 5.75 Å². The lowest BCUT2D eigenvalue weighted by Crippen LogP contribution is -2.38. The van der Waals surface area contributed by atoms with Crippen LogP contribution in [0.2, 0.25) is 5.02 Å². The molecule has 1 N–H and O–H groups in total. The van der Waals surface area contributed by atoms with Crippen LogP contribution in [-0.2, 0) is 19.6 Å². The Morgan fingerprint density at radius 2 is 1.58 bits per heavy atom. The fourth-order valence-corrected chi connectivity index (χ4v) is 4.69. The van der Waals surface area contributed by atoms with Gasteiger partial charge in [-0.15, -0.1) is 0 Å². The summed E-state index contributed by atoms with van der Waals surface area (Å²) in [6.07, 6.45) is 0. The molecule has 0 spiro atoms. The van der Waals surface area contributed by atoms with Crippen LogP contribution in [0.5, 0.6) is 17.2 Å². The number of likely N-dealkylation sites (N-methyl/N-ethyl adjacent to an activating group) is 1. The largest absolute Gasteiger partial charge is 0.495 e. The predicted octanol–water partition coefficient (Wildman–Crippen LogP) is 2.80. The number of sulfonamides is 1. The van der Waals surface area contributed by atoms with Gasteiger partial charge in [0.15, 0.2) is 11.5 Å². The Bertz CT molecular complexity index is 1140. The molecule has 0 aromatic heterocycles. The van der Waals surface area contributed by atoms with Crippen molar-refractivity contribution in [3.8, 4) is 17.2 Å². The number of halogens is 1. The average Bonchev–Trinajstić information content (AvgIpc) is 2.81. The quantitative estimate of drug-likeness (QED) is 0.494. The van der Waals surface area contributed by atoms with Gasteiger partial charge >= 0.3 is 5.97 Å². The van der Waals surface area contributed by atoms with Crippen molar-refractivity contribution in [2.75, 3.05) is 46.8 Å². The van der Waals surface area contributed by atoms with Crippen molar-refractivity contribution >= 4 is 39.2 Å². The first-order chi connectivity index (χ1) is 15.6. The minimum absolute atomic E-state index is 0.00912. The van der Waals surface area contributed by atoms with Crippen molar-refractivity contribution in [3.63, 3.8) is 0 Å². The molecule has 2 aromatic carbocycles. The van der Waals surface area contributed by atoms with E-state index in [1.807, 2.05) is 0 Å². The van der Waals surface area contributed by atoms with E-state index in [0.29, 0.717) is 5.75 Å². The molecule has 0 aliphatic carbocycles. The average molecular weight is 501 g/mol. The molecule has 33 heavy (non-hydrogen) atoms.